The molecule has 0 aliphatic carbocycles. The number of nitrogens with zero attached hydrogens (tertiary/aromatic N) is 2. The molecule has 0 fully saturated rings. The first-order valence-electron chi connectivity index (χ1n) is 8.95. The van der Waals surface area contributed by atoms with Crippen molar-refractivity contribution in [3.63, 3.8) is 0 Å². The maximum atomic E-state index is 12.7. The smallest absolute Gasteiger partial charge is 0.286 e. The number of amides is 1. The fraction of sp³-hybridized carbons (Fsp3) is 0.400. The maximum Gasteiger partial charge on any atom is 0.286 e. The molecule has 0 spiro atoms. The minimum absolute atomic E-state index is 0.101. The molecule has 1 aliphatic rings. The second-order valence-electron chi connectivity index (χ2n) is 5.85. The summed E-state index contributed by atoms with van der Waals surface area (Å²) in [7, 11) is 0. The van der Waals surface area contributed by atoms with Crippen molar-refractivity contribution >= 4 is 11.7 Å². The molecule has 134 valence electrons. The summed E-state index contributed by atoms with van der Waals surface area (Å²) in [5.41, 5.74) is 1.16. The maximum absolute atomic E-state index is 12.7. The standard InChI is InChI=1S/C20H28N4O/c1-2-21-13-10-15-23-20(25)19-22-14-8-3-4-9-16-24(19)17-18-11-6-5-7-12-18/h3-9,11-12,21H,2,10,13-17H2,1H3,(H,23,25)/b8-3-,9-4-,22-19?. The van der Waals surface area contributed by atoms with Gasteiger partial charge in [0.05, 0.1) is 6.54 Å². The van der Waals surface area contributed by atoms with Crippen LogP contribution in [0.2, 0.25) is 0 Å². The lowest BCUT2D eigenvalue weighted by atomic mass is 10.2. The molecule has 1 heterocycles. The Morgan fingerprint density at radius 2 is 1.96 bits per heavy atom. The SMILES string of the molecule is CCNCCCNC(=O)C1=NC/C=C\C=C/CN1Cc1ccccc1. The minimum Gasteiger partial charge on any atom is -0.349 e. The lowest BCUT2D eigenvalue weighted by Gasteiger charge is -2.24. The van der Waals surface area contributed by atoms with Gasteiger partial charge in [-0.15, -0.1) is 0 Å². The number of allylic oxidation sites excluding steroid dienone is 2. The molecule has 0 radical (unpaired) electrons. The number of amidine groups is 1. The Morgan fingerprint density at radius 1 is 1.16 bits per heavy atom. The lowest BCUT2D eigenvalue weighted by Crippen LogP contribution is -2.43. The summed E-state index contributed by atoms with van der Waals surface area (Å²) in [4.78, 5) is 19.2. The summed E-state index contributed by atoms with van der Waals surface area (Å²) < 4.78 is 0. The van der Waals surface area contributed by atoms with E-state index in [-0.39, 0.29) is 5.91 Å². The van der Waals surface area contributed by atoms with Crippen molar-refractivity contribution in [1.29, 1.82) is 0 Å². The Bertz CT molecular complexity index is 607. The van der Waals surface area contributed by atoms with Gasteiger partial charge in [0.25, 0.3) is 5.91 Å². The molecule has 0 saturated heterocycles. The number of nitrogens with one attached hydrogen (secondary N) is 2. The Morgan fingerprint density at radius 3 is 2.76 bits per heavy atom. The van der Waals surface area contributed by atoms with Gasteiger partial charge in [0.15, 0.2) is 5.84 Å². The second-order valence-corrected chi connectivity index (χ2v) is 5.85. The predicted molar refractivity (Wildman–Crippen MR) is 104 cm³/mol. The van der Waals surface area contributed by atoms with Crippen LogP contribution in [0.25, 0.3) is 0 Å². The van der Waals surface area contributed by atoms with Crippen LogP contribution < -0.4 is 10.6 Å². The quantitative estimate of drug-likeness (QED) is 0.713. The van der Waals surface area contributed by atoms with Crippen molar-refractivity contribution < 1.29 is 4.79 Å². The average molecular weight is 340 g/mol. The van der Waals surface area contributed by atoms with Crippen molar-refractivity contribution in [3.05, 3.63) is 60.2 Å². The number of hydrogen-bond donors (Lipinski definition) is 2. The molecule has 5 heteroatoms. The summed E-state index contributed by atoms with van der Waals surface area (Å²) in [6.07, 6.45) is 8.90. The molecule has 1 aromatic carbocycles. The number of rotatable bonds is 8. The van der Waals surface area contributed by atoms with Gasteiger partial charge in [0, 0.05) is 19.6 Å². The van der Waals surface area contributed by atoms with Gasteiger partial charge < -0.3 is 15.5 Å². The number of aliphatic imine (C=N–C) groups is 1. The molecule has 5 nitrogen and oxygen atoms in total. The summed E-state index contributed by atoms with van der Waals surface area (Å²) in [5.74, 6) is 0.402. The van der Waals surface area contributed by atoms with Crippen LogP contribution in [0.5, 0.6) is 0 Å². The molecule has 1 aromatic rings. The van der Waals surface area contributed by atoms with Crippen LogP contribution in [0, 0.1) is 0 Å². The molecule has 0 atom stereocenters. The number of hydrogen-bond acceptors (Lipinski definition) is 4. The molecular formula is C20H28N4O. The van der Waals surface area contributed by atoms with E-state index < -0.39 is 0 Å². The van der Waals surface area contributed by atoms with Gasteiger partial charge in [-0.2, -0.15) is 0 Å². The summed E-state index contributed by atoms with van der Waals surface area (Å²) in [6.45, 7) is 6.41. The molecule has 0 bridgehead atoms. The first kappa shape index (κ1) is 18.9. The third-order valence-corrected chi connectivity index (χ3v) is 3.84. The Kier molecular flexibility index (Phi) is 8.49. The molecule has 0 unspecified atom stereocenters. The van der Waals surface area contributed by atoms with E-state index in [1.165, 1.54) is 0 Å². The van der Waals surface area contributed by atoms with Crippen LogP contribution in [0.15, 0.2) is 59.6 Å². The highest BCUT2D eigenvalue weighted by molar-refractivity contribution is 6.37. The summed E-state index contributed by atoms with van der Waals surface area (Å²) in [6, 6.07) is 10.2. The largest absolute Gasteiger partial charge is 0.349 e. The Hall–Kier alpha value is -2.40. The number of benzene rings is 1. The zero-order valence-corrected chi connectivity index (χ0v) is 14.9. The Balaban J connectivity index is 2.03. The van der Waals surface area contributed by atoms with Crippen molar-refractivity contribution in [3.8, 4) is 0 Å². The van der Waals surface area contributed by atoms with E-state index in [0.717, 1.165) is 25.1 Å². The first-order chi connectivity index (χ1) is 12.3. The highest BCUT2D eigenvalue weighted by Crippen LogP contribution is 2.07. The van der Waals surface area contributed by atoms with E-state index in [4.69, 9.17) is 0 Å². The number of carbonyl (C=O) groups excluding carboxylic acids is 1. The van der Waals surface area contributed by atoms with Crippen molar-refractivity contribution in [1.82, 2.24) is 15.5 Å². The molecule has 25 heavy (non-hydrogen) atoms. The highest BCUT2D eigenvalue weighted by Gasteiger charge is 2.18. The van der Waals surface area contributed by atoms with E-state index in [9.17, 15) is 4.79 Å². The van der Waals surface area contributed by atoms with Crippen LogP contribution in [0.4, 0.5) is 0 Å². The first-order valence-corrected chi connectivity index (χ1v) is 8.95. The molecule has 1 aliphatic heterocycles. The zero-order valence-electron chi connectivity index (χ0n) is 14.9. The van der Waals surface area contributed by atoms with Crippen molar-refractivity contribution in [2.24, 2.45) is 4.99 Å². The monoisotopic (exact) mass is 340 g/mol. The second kappa shape index (κ2) is 11.2. The fourth-order valence-corrected chi connectivity index (χ4v) is 2.56. The molecule has 1 amide bonds. The van der Waals surface area contributed by atoms with Crippen LogP contribution in [0.1, 0.15) is 18.9 Å². The van der Waals surface area contributed by atoms with E-state index in [2.05, 4.69) is 40.8 Å². The third kappa shape index (κ3) is 6.93. The third-order valence-electron chi connectivity index (χ3n) is 3.84. The summed E-state index contributed by atoms with van der Waals surface area (Å²) in [5, 5.41) is 6.26. The molecule has 2 N–H and O–H groups in total. The van der Waals surface area contributed by atoms with Crippen LogP contribution in [0.3, 0.4) is 0 Å². The fourth-order valence-electron chi connectivity index (χ4n) is 2.56. The van der Waals surface area contributed by atoms with Crippen LogP contribution in [-0.4, -0.2) is 49.4 Å². The van der Waals surface area contributed by atoms with Gasteiger partial charge in [-0.25, -0.2) is 0 Å². The molecule has 2 rings (SSSR count). The average Bonchev–Trinajstić information content (AvgIpc) is 2.74. The van der Waals surface area contributed by atoms with Gasteiger partial charge in [-0.05, 0) is 25.1 Å². The van der Waals surface area contributed by atoms with Gasteiger partial charge in [-0.3, -0.25) is 9.79 Å². The van der Waals surface area contributed by atoms with Crippen LogP contribution in [-0.2, 0) is 11.3 Å². The zero-order chi connectivity index (χ0) is 17.7. The van der Waals surface area contributed by atoms with E-state index in [1.807, 2.05) is 41.3 Å². The van der Waals surface area contributed by atoms with E-state index in [1.54, 1.807) is 0 Å². The molecule has 0 aromatic heterocycles. The predicted octanol–water partition coefficient (Wildman–Crippen LogP) is 2.13. The topological polar surface area (TPSA) is 56.7 Å². The van der Waals surface area contributed by atoms with Crippen molar-refractivity contribution in [2.75, 3.05) is 32.7 Å². The van der Waals surface area contributed by atoms with Crippen molar-refractivity contribution in [2.45, 2.75) is 19.9 Å². The van der Waals surface area contributed by atoms with Gasteiger partial charge in [0.1, 0.15) is 0 Å². The molecule has 0 saturated carbocycles. The Labute approximate surface area is 150 Å². The van der Waals surface area contributed by atoms with Crippen LogP contribution >= 0.6 is 0 Å². The van der Waals surface area contributed by atoms with E-state index in [0.29, 0.717) is 32.0 Å². The van der Waals surface area contributed by atoms with E-state index >= 15 is 0 Å². The van der Waals surface area contributed by atoms with Gasteiger partial charge in [-0.1, -0.05) is 61.6 Å². The van der Waals surface area contributed by atoms with Gasteiger partial charge >= 0.3 is 0 Å². The normalized spacial score (nSPS) is 17.0. The highest BCUT2D eigenvalue weighted by atomic mass is 16.2. The lowest BCUT2D eigenvalue weighted by molar-refractivity contribution is -0.115. The number of carbonyl (C=O) groups is 1. The summed E-state index contributed by atoms with van der Waals surface area (Å²) >= 11 is 0. The van der Waals surface area contributed by atoms with Gasteiger partial charge in [0.2, 0.25) is 0 Å². The molecular weight excluding hydrogens is 312 g/mol. The minimum atomic E-state index is -0.101.